The van der Waals surface area contributed by atoms with Crippen LogP contribution in [0.2, 0.25) is 0 Å². The number of nitrogens with zero attached hydrogens (tertiary/aromatic N) is 1. The summed E-state index contributed by atoms with van der Waals surface area (Å²) in [4.78, 5) is 9.64. The van der Waals surface area contributed by atoms with Crippen LogP contribution in [-0.4, -0.2) is 18.4 Å². The fourth-order valence-electron chi connectivity index (χ4n) is 1.95. The fourth-order valence-corrected chi connectivity index (χ4v) is 3.10. The topological polar surface area (TPSA) is 110 Å². The number of hydrogen-bond donors (Lipinski definition) is 2. The number of nitro groups is 1. The van der Waals surface area contributed by atoms with Gasteiger partial charge in [0.1, 0.15) is 0 Å². The van der Waals surface area contributed by atoms with Gasteiger partial charge in [-0.05, 0) is 37.6 Å². The second-order valence-electron chi connectivity index (χ2n) is 4.83. The maximum absolute atomic E-state index is 12.3. The summed E-state index contributed by atoms with van der Waals surface area (Å²) in [7, 11) is -3.99. The molecular weight excluding hydrogens is 308 g/mol. The summed E-state index contributed by atoms with van der Waals surface area (Å²) >= 11 is 0. The van der Waals surface area contributed by atoms with Crippen LogP contribution in [0.25, 0.3) is 0 Å². The molecule has 0 saturated carbocycles. The zero-order valence-electron chi connectivity index (χ0n) is 11.9. The Labute approximate surface area is 127 Å². The van der Waals surface area contributed by atoms with Crippen molar-refractivity contribution in [2.45, 2.75) is 18.7 Å². The zero-order chi connectivity index (χ0) is 16.5. The Bertz CT molecular complexity index is 846. The summed E-state index contributed by atoms with van der Waals surface area (Å²) < 4.78 is 27.0. The van der Waals surface area contributed by atoms with Crippen LogP contribution in [0.3, 0.4) is 0 Å². The molecule has 0 bridgehead atoms. The number of aryl methyl sites for hydroxylation is 2. The third-order valence-corrected chi connectivity index (χ3v) is 4.44. The molecule has 2 N–H and O–H groups in total. The van der Waals surface area contributed by atoms with Gasteiger partial charge in [0, 0.05) is 6.07 Å². The van der Waals surface area contributed by atoms with Crippen LogP contribution in [0, 0.1) is 24.0 Å². The largest absolute Gasteiger partial charge is 0.502 e. The Morgan fingerprint density at radius 3 is 2.41 bits per heavy atom. The molecule has 2 rings (SSSR count). The Hall–Kier alpha value is -2.61. The molecule has 0 saturated heterocycles. The first kappa shape index (κ1) is 15.8. The lowest BCUT2D eigenvalue weighted by Crippen LogP contribution is -2.14. The SMILES string of the molecule is Cc1ccc(NS(=O)(=O)c2ccc(O)c([N+](=O)[O-])c2)c(C)c1. The maximum atomic E-state index is 12.3. The molecule has 0 aliphatic rings. The standard InChI is InChI=1S/C14H14N2O5S/c1-9-3-5-12(10(2)7-9)15-22(20,21)11-4-6-14(17)13(8-11)16(18)19/h3-8,15,17H,1-2H3. The van der Waals surface area contributed by atoms with Gasteiger partial charge in [-0.1, -0.05) is 17.7 Å². The van der Waals surface area contributed by atoms with Gasteiger partial charge in [0.2, 0.25) is 0 Å². The molecule has 22 heavy (non-hydrogen) atoms. The summed E-state index contributed by atoms with van der Waals surface area (Å²) in [6, 6.07) is 8.10. The molecule has 0 aliphatic carbocycles. The van der Waals surface area contributed by atoms with E-state index >= 15 is 0 Å². The number of hydrogen-bond acceptors (Lipinski definition) is 5. The molecule has 2 aromatic rings. The van der Waals surface area contributed by atoms with E-state index in [0.717, 1.165) is 29.3 Å². The first-order valence-electron chi connectivity index (χ1n) is 6.28. The molecule has 7 nitrogen and oxygen atoms in total. The number of phenolic OH excluding ortho intramolecular Hbond substituents is 1. The van der Waals surface area contributed by atoms with Crippen LogP contribution in [0.4, 0.5) is 11.4 Å². The second kappa shape index (κ2) is 5.64. The van der Waals surface area contributed by atoms with Crippen molar-refractivity contribution in [1.29, 1.82) is 0 Å². The first-order valence-corrected chi connectivity index (χ1v) is 7.76. The number of nitrogens with one attached hydrogen (secondary N) is 1. The van der Waals surface area contributed by atoms with Gasteiger partial charge in [-0.15, -0.1) is 0 Å². The van der Waals surface area contributed by atoms with Crippen LogP contribution in [0.15, 0.2) is 41.3 Å². The quantitative estimate of drug-likeness (QED) is 0.664. The van der Waals surface area contributed by atoms with E-state index in [1.807, 2.05) is 13.0 Å². The second-order valence-corrected chi connectivity index (χ2v) is 6.51. The van der Waals surface area contributed by atoms with Crippen molar-refractivity contribution in [3.8, 4) is 5.75 Å². The van der Waals surface area contributed by atoms with E-state index in [2.05, 4.69) is 4.72 Å². The predicted octanol–water partition coefficient (Wildman–Crippen LogP) is 2.72. The van der Waals surface area contributed by atoms with Crippen LogP contribution >= 0.6 is 0 Å². The van der Waals surface area contributed by atoms with Gasteiger partial charge in [-0.2, -0.15) is 0 Å². The van der Waals surface area contributed by atoms with Crippen molar-refractivity contribution in [3.63, 3.8) is 0 Å². The molecule has 2 aromatic carbocycles. The third kappa shape index (κ3) is 3.17. The van der Waals surface area contributed by atoms with Crippen molar-refractivity contribution in [2.24, 2.45) is 0 Å². The summed E-state index contributed by atoms with van der Waals surface area (Å²) in [5.41, 5.74) is 1.45. The summed E-state index contributed by atoms with van der Waals surface area (Å²) in [5.74, 6) is -0.588. The molecule has 116 valence electrons. The van der Waals surface area contributed by atoms with Gasteiger partial charge in [0.25, 0.3) is 10.0 Å². The number of nitro benzene ring substituents is 1. The number of sulfonamides is 1. The van der Waals surface area contributed by atoms with E-state index < -0.39 is 26.4 Å². The van der Waals surface area contributed by atoms with Crippen LogP contribution in [0.1, 0.15) is 11.1 Å². The summed E-state index contributed by atoms with van der Waals surface area (Å²) in [5, 5.41) is 20.2. The summed E-state index contributed by atoms with van der Waals surface area (Å²) in [6.45, 7) is 3.64. The minimum Gasteiger partial charge on any atom is -0.502 e. The molecular formula is C14H14N2O5S. The van der Waals surface area contributed by atoms with Crippen molar-refractivity contribution >= 4 is 21.4 Å². The normalized spacial score (nSPS) is 11.2. The van der Waals surface area contributed by atoms with Gasteiger partial charge >= 0.3 is 5.69 Å². The first-order chi connectivity index (χ1) is 10.2. The van der Waals surface area contributed by atoms with Gasteiger partial charge in [-0.25, -0.2) is 8.42 Å². The van der Waals surface area contributed by atoms with E-state index in [1.165, 1.54) is 0 Å². The monoisotopic (exact) mass is 322 g/mol. The smallest absolute Gasteiger partial charge is 0.312 e. The van der Waals surface area contributed by atoms with E-state index in [0.29, 0.717) is 5.69 Å². The van der Waals surface area contributed by atoms with Crippen LogP contribution < -0.4 is 4.72 Å². The van der Waals surface area contributed by atoms with Crippen molar-refractivity contribution in [2.75, 3.05) is 4.72 Å². The number of anilines is 1. The predicted molar refractivity (Wildman–Crippen MR) is 81.5 cm³/mol. The highest BCUT2D eigenvalue weighted by molar-refractivity contribution is 7.92. The van der Waals surface area contributed by atoms with Gasteiger partial charge in [-0.3, -0.25) is 14.8 Å². The van der Waals surface area contributed by atoms with Gasteiger partial charge in [0.15, 0.2) is 5.75 Å². The lowest BCUT2D eigenvalue weighted by atomic mass is 10.1. The number of benzene rings is 2. The lowest BCUT2D eigenvalue weighted by molar-refractivity contribution is -0.386. The molecule has 8 heteroatoms. The van der Waals surface area contributed by atoms with Crippen LogP contribution in [-0.2, 0) is 10.0 Å². The lowest BCUT2D eigenvalue weighted by Gasteiger charge is -2.11. The third-order valence-electron chi connectivity index (χ3n) is 3.08. The molecule has 0 unspecified atom stereocenters. The minimum atomic E-state index is -3.99. The summed E-state index contributed by atoms with van der Waals surface area (Å²) in [6.07, 6.45) is 0. The maximum Gasteiger partial charge on any atom is 0.312 e. The average Bonchev–Trinajstić information content (AvgIpc) is 2.42. The minimum absolute atomic E-state index is 0.294. The van der Waals surface area contributed by atoms with Gasteiger partial charge in [0.05, 0.1) is 15.5 Å². The van der Waals surface area contributed by atoms with Crippen molar-refractivity contribution < 1.29 is 18.4 Å². The molecule has 0 spiro atoms. The molecule has 0 fully saturated rings. The van der Waals surface area contributed by atoms with E-state index in [4.69, 9.17) is 0 Å². The number of phenols is 1. The highest BCUT2D eigenvalue weighted by Gasteiger charge is 2.21. The van der Waals surface area contributed by atoms with Crippen molar-refractivity contribution in [1.82, 2.24) is 0 Å². The molecule has 0 aromatic heterocycles. The highest BCUT2D eigenvalue weighted by Crippen LogP contribution is 2.29. The van der Waals surface area contributed by atoms with E-state index in [1.54, 1.807) is 19.1 Å². The molecule has 0 atom stereocenters. The molecule has 0 heterocycles. The highest BCUT2D eigenvalue weighted by atomic mass is 32.2. The molecule has 0 amide bonds. The Kier molecular flexibility index (Phi) is 4.05. The Balaban J connectivity index is 2.42. The Morgan fingerprint density at radius 2 is 1.82 bits per heavy atom. The van der Waals surface area contributed by atoms with Crippen LogP contribution in [0.5, 0.6) is 5.75 Å². The van der Waals surface area contributed by atoms with E-state index in [9.17, 15) is 23.6 Å². The fraction of sp³-hybridized carbons (Fsp3) is 0.143. The van der Waals surface area contributed by atoms with Crippen molar-refractivity contribution in [3.05, 3.63) is 57.6 Å². The molecule has 0 aliphatic heterocycles. The average molecular weight is 322 g/mol. The Morgan fingerprint density at radius 1 is 1.14 bits per heavy atom. The molecule has 0 radical (unpaired) electrons. The van der Waals surface area contributed by atoms with Gasteiger partial charge < -0.3 is 5.11 Å². The van der Waals surface area contributed by atoms with E-state index in [-0.39, 0.29) is 4.90 Å². The number of aromatic hydroxyl groups is 1. The number of rotatable bonds is 4. The zero-order valence-corrected chi connectivity index (χ0v) is 12.7.